The van der Waals surface area contributed by atoms with E-state index in [2.05, 4.69) is 0 Å². The number of hydrogen-bond donors (Lipinski definition) is 4. The molecule has 4 nitrogen and oxygen atoms in total. The molecule has 0 radical (unpaired) electrons. The van der Waals surface area contributed by atoms with E-state index < -0.39 is 16.6 Å². The Morgan fingerprint density at radius 2 is 0.408 bits per heavy atom. The fraction of sp³-hybridized carbons (Fsp3) is 0.143. The third-order valence-electron chi connectivity index (χ3n) is 7.15. The minimum atomic E-state index is -2.88. The molecule has 0 atom stereocenters. The molecule has 0 aromatic heterocycles. The van der Waals surface area contributed by atoms with E-state index in [4.69, 9.17) is 10.2 Å². The van der Waals surface area contributed by atoms with Gasteiger partial charge < -0.3 is 19.8 Å². The Morgan fingerprint density at radius 1 is 0.306 bits per heavy atom. The van der Waals surface area contributed by atoms with Gasteiger partial charge in [0.25, 0.3) is 16.6 Å². The largest absolute Gasteiger partial charge is 0.421 e. The van der Waals surface area contributed by atoms with Crippen LogP contribution in [0.4, 0.5) is 0 Å². The maximum Gasteiger partial charge on any atom is 0.285 e. The van der Waals surface area contributed by atoms with Crippen LogP contribution >= 0.6 is 0 Å². The van der Waals surface area contributed by atoms with Crippen LogP contribution in [0, 0.1) is 0 Å². The van der Waals surface area contributed by atoms with Gasteiger partial charge in [0, 0.05) is 33.9 Å². The van der Waals surface area contributed by atoms with E-state index in [1.807, 2.05) is 182 Å². The van der Waals surface area contributed by atoms with Crippen molar-refractivity contribution < 1.29 is 41.5 Å². The minimum absolute atomic E-state index is 0. The van der Waals surface area contributed by atoms with Gasteiger partial charge in [-0.25, -0.2) is 0 Å². The zero-order chi connectivity index (χ0) is 34.8. The van der Waals surface area contributed by atoms with Crippen molar-refractivity contribution in [2.75, 3.05) is 0 Å². The predicted molar refractivity (Wildman–Crippen MR) is 207 cm³/mol. The van der Waals surface area contributed by atoms with Crippen LogP contribution in [0.5, 0.6) is 0 Å². The van der Waals surface area contributed by atoms with Gasteiger partial charge in [-0.15, -0.1) is 0 Å². The van der Waals surface area contributed by atoms with Crippen molar-refractivity contribution in [3.63, 3.8) is 0 Å². The van der Waals surface area contributed by atoms with Crippen LogP contribution in [0.3, 0.4) is 0 Å². The SMILES string of the molecule is CC(C)O.CC(C)O.O[Si](c1ccccc1)(c1ccccc1)c1ccccc1.O[Si](c1ccccc1)(c1ccccc1)c1ccccc1.[Ti]. The molecule has 0 unspecified atom stereocenters. The van der Waals surface area contributed by atoms with Crippen molar-refractivity contribution in [2.45, 2.75) is 39.9 Å². The van der Waals surface area contributed by atoms with Gasteiger partial charge in [0.05, 0.1) is 0 Å². The van der Waals surface area contributed by atoms with E-state index in [1.54, 1.807) is 27.7 Å². The van der Waals surface area contributed by atoms with Crippen LogP contribution in [-0.2, 0) is 21.7 Å². The average molecular weight is 721 g/mol. The molecular formula is C42H48O4Si2Ti. The maximum absolute atomic E-state index is 11.6. The molecule has 49 heavy (non-hydrogen) atoms. The molecule has 0 saturated heterocycles. The first-order valence-electron chi connectivity index (χ1n) is 16.2. The normalized spacial score (nSPS) is 10.7. The Kier molecular flexibility index (Phi) is 18.1. The number of benzene rings is 6. The number of aliphatic hydroxyl groups excluding tert-OH is 2. The van der Waals surface area contributed by atoms with Crippen molar-refractivity contribution in [2.24, 2.45) is 0 Å². The van der Waals surface area contributed by atoms with Gasteiger partial charge in [-0.2, -0.15) is 0 Å². The van der Waals surface area contributed by atoms with Crippen LogP contribution in [-0.4, -0.2) is 48.6 Å². The molecule has 0 spiro atoms. The molecule has 6 aromatic rings. The third kappa shape index (κ3) is 12.3. The fourth-order valence-corrected chi connectivity index (χ4v) is 11.1. The second-order valence-electron chi connectivity index (χ2n) is 11.8. The van der Waals surface area contributed by atoms with E-state index in [0.717, 1.165) is 31.1 Å². The van der Waals surface area contributed by atoms with Crippen LogP contribution in [0.2, 0.25) is 0 Å². The smallest absolute Gasteiger partial charge is 0.285 e. The summed E-state index contributed by atoms with van der Waals surface area (Å²) in [6, 6.07) is 59.9. The Morgan fingerprint density at radius 3 is 0.510 bits per heavy atom. The summed E-state index contributed by atoms with van der Waals surface area (Å²) in [6.07, 6.45) is -0.333. The summed E-state index contributed by atoms with van der Waals surface area (Å²) < 4.78 is 0. The van der Waals surface area contributed by atoms with Gasteiger partial charge in [-0.3, -0.25) is 0 Å². The summed E-state index contributed by atoms with van der Waals surface area (Å²) in [5.74, 6) is 0. The van der Waals surface area contributed by atoms with E-state index in [0.29, 0.717) is 0 Å². The second kappa shape index (κ2) is 21.4. The number of hydrogen-bond acceptors (Lipinski definition) is 4. The summed E-state index contributed by atoms with van der Waals surface area (Å²) in [4.78, 5) is 23.1. The van der Waals surface area contributed by atoms with Crippen molar-refractivity contribution >= 4 is 47.8 Å². The topological polar surface area (TPSA) is 80.9 Å². The van der Waals surface area contributed by atoms with Crippen LogP contribution < -0.4 is 31.1 Å². The molecule has 4 N–H and O–H groups in total. The molecule has 0 heterocycles. The van der Waals surface area contributed by atoms with Crippen LogP contribution in [0.1, 0.15) is 27.7 Å². The van der Waals surface area contributed by atoms with Gasteiger partial charge in [0.2, 0.25) is 0 Å². The van der Waals surface area contributed by atoms with E-state index >= 15 is 0 Å². The Bertz CT molecular complexity index is 1360. The fourth-order valence-electron chi connectivity index (χ4n) is 5.08. The molecule has 0 fully saturated rings. The predicted octanol–water partition coefficient (Wildman–Crippen LogP) is 4.06. The van der Waals surface area contributed by atoms with Crippen LogP contribution in [0.15, 0.2) is 182 Å². The molecule has 0 bridgehead atoms. The number of rotatable bonds is 6. The zero-order valence-electron chi connectivity index (χ0n) is 28.8. The first-order chi connectivity index (χ1) is 23.1. The Labute approximate surface area is 309 Å². The van der Waals surface area contributed by atoms with E-state index in [1.165, 1.54) is 0 Å². The molecule has 0 aliphatic heterocycles. The molecule has 7 heteroatoms. The zero-order valence-corrected chi connectivity index (χ0v) is 32.3. The van der Waals surface area contributed by atoms with Crippen molar-refractivity contribution in [3.05, 3.63) is 182 Å². The quantitative estimate of drug-likeness (QED) is 0.155. The van der Waals surface area contributed by atoms with E-state index in [9.17, 15) is 9.59 Å². The van der Waals surface area contributed by atoms with Gasteiger partial charge >= 0.3 is 0 Å². The minimum Gasteiger partial charge on any atom is -0.421 e. The summed E-state index contributed by atoms with van der Waals surface area (Å²) in [6.45, 7) is 6.89. The van der Waals surface area contributed by atoms with Gasteiger partial charge in [-0.1, -0.05) is 182 Å². The summed E-state index contributed by atoms with van der Waals surface area (Å²) in [5.41, 5.74) is 0. The first-order valence-corrected chi connectivity index (χ1v) is 20.1. The van der Waals surface area contributed by atoms with Crippen molar-refractivity contribution in [1.82, 2.24) is 0 Å². The molecule has 0 saturated carbocycles. The van der Waals surface area contributed by atoms with E-state index in [-0.39, 0.29) is 33.9 Å². The van der Waals surface area contributed by atoms with Crippen molar-refractivity contribution in [1.29, 1.82) is 0 Å². The first kappa shape index (κ1) is 41.5. The molecule has 252 valence electrons. The average Bonchev–Trinajstić information content (AvgIpc) is 3.13. The monoisotopic (exact) mass is 720 g/mol. The Hall–Kier alpha value is -3.69. The Balaban J connectivity index is 0.000000275. The third-order valence-corrected chi connectivity index (χ3v) is 14.2. The van der Waals surface area contributed by atoms with Gasteiger partial charge in [0.15, 0.2) is 0 Å². The summed E-state index contributed by atoms with van der Waals surface area (Å²) >= 11 is 0. The maximum atomic E-state index is 11.6. The standard InChI is InChI=1S/2C18H16OSi.2C3H8O.Ti/c2*19-20(16-10-4-1-5-11-16,17-12-6-2-7-13-17)18-14-8-3-9-15-18;2*1-3(2)4;/h2*1-15,19H;2*3-4H,1-2H3;. The molecule has 0 aliphatic rings. The summed E-state index contributed by atoms with van der Waals surface area (Å²) in [5, 5.41) is 22.2. The van der Waals surface area contributed by atoms with Crippen molar-refractivity contribution in [3.8, 4) is 0 Å². The molecule has 6 rings (SSSR count). The molecule has 0 aliphatic carbocycles. The van der Waals surface area contributed by atoms with Crippen LogP contribution in [0.25, 0.3) is 0 Å². The molecule has 6 aromatic carbocycles. The second-order valence-corrected chi connectivity index (χ2v) is 18.1. The van der Waals surface area contributed by atoms with Gasteiger partial charge in [0.1, 0.15) is 0 Å². The number of aliphatic hydroxyl groups is 2. The van der Waals surface area contributed by atoms with Gasteiger partial charge in [-0.05, 0) is 58.8 Å². The summed E-state index contributed by atoms with van der Waals surface area (Å²) in [7, 11) is -5.76. The molecular weight excluding hydrogens is 672 g/mol. The molecule has 0 amide bonds.